The first-order valence-corrected chi connectivity index (χ1v) is 10.4. The zero-order valence-corrected chi connectivity index (χ0v) is 16.7. The first kappa shape index (κ1) is 17.7. The number of hydrogen-bond donors (Lipinski definition) is 2. The lowest BCUT2D eigenvalue weighted by molar-refractivity contribution is 0.573. The topological polar surface area (TPSA) is 40.7 Å². The predicted octanol–water partition coefficient (Wildman–Crippen LogP) is 5.62. The van der Waals surface area contributed by atoms with Gasteiger partial charge in [0.2, 0.25) is 0 Å². The summed E-state index contributed by atoms with van der Waals surface area (Å²) in [7, 11) is 0. The van der Waals surface area contributed by atoms with Gasteiger partial charge in [-0.25, -0.2) is 0 Å². The van der Waals surface area contributed by atoms with Crippen molar-refractivity contribution in [3.8, 4) is 0 Å². The maximum atomic E-state index is 5.78. The van der Waals surface area contributed by atoms with Gasteiger partial charge >= 0.3 is 0 Å². The van der Waals surface area contributed by atoms with E-state index in [2.05, 4.69) is 30.2 Å². The summed E-state index contributed by atoms with van der Waals surface area (Å²) in [4.78, 5) is 9.49. The van der Waals surface area contributed by atoms with Crippen LogP contribution >= 0.6 is 12.2 Å². The molecule has 0 bridgehead atoms. The van der Waals surface area contributed by atoms with E-state index in [1.165, 1.54) is 52.9 Å². The Kier molecular flexibility index (Phi) is 5.12. The van der Waals surface area contributed by atoms with Gasteiger partial charge in [0, 0.05) is 18.3 Å². The number of aromatic nitrogens is 2. The number of pyridine rings is 1. The normalized spacial score (nSPS) is 19.7. The first-order chi connectivity index (χ1) is 12.6. The van der Waals surface area contributed by atoms with Crippen molar-refractivity contribution in [3.63, 3.8) is 0 Å². The maximum Gasteiger partial charge on any atom is 0.103 e. The van der Waals surface area contributed by atoms with Gasteiger partial charge in [-0.2, -0.15) is 0 Å². The fourth-order valence-corrected chi connectivity index (χ4v) is 5.19. The van der Waals surface area contributed by atoms with Crippen LogP contribution in [0.15, 0.2) is 18.3 Å². The Balaban J connectivity index is 1.51. The molecular formula is C22H29N3S. The molecule has 138 valence electrons. The molecule has 2 aromatic rings. The predicted molar refractivity (Wildman–Crippen MR) is 112 cm³/mol. The Morgan fingerprint density at radius 3 is 2.81 bits per heavy atom. The summed E-state index contributed by atoms with van der Waals surface area (Å²) in [5.41, 5.74) is 6.65. The maximum absolute atomic E-state index is 5.78. The second-order valence-corrected chi connectivity index (χ2v) is 8.63. The van der Waals surface area contributed by atoms with Gasteiger partial charge in [-0.1, -0.05) is 37.9 Å². The minimum absolute atomic E-state index is 0.306. The summed E-state index contributed by atoms with van der Waals surface area (Å²) in [6, 6.07) is 4.41. The Hall–Kier alpha value is -1.68. The molecule has 2 aliphatic rings. The molecule has 0 aromatic carbocycles. The van der Waals surface area contributed by atoms with Crippen molar-refractivity contribution < 1.29 is 0 Å². The minimum atomic E-state index is 0.306. The monoisotopic (exact) mass is 367 g/mol. The van der Waals surface area contributed by atoms with E-state index < -0.39 is 0 Å². The third-order valence-corrected chi connectivity index (χ3v) is 6.56. The first-order valence-electron chi connectivity index (χ1n) is 10.0. The molecule has 0 saturated heterocycles. The van der Waals surface area contributed by atoms with E-state index >= 15 is 0 Å². The summed E-state index contributed by atoms with van der Waals surface area (Å²) in [5, 5.41) is 3.60. The van der Waals surface area contributed by atoms with Crippen molar-refractivity contribution in [2.45, 2.75) is 71.3 Å². The van der Waals surface area contributed by atoms with Crippen LogP contribution in [-0.4, -0.2) is 14.8 Å². The molecule has 1 atom stereocenters. The van der Waals surface area contributed by atoms with Crippen molar-refractivity contribution in [2.24, 2.45) is 5.92 Å². The van der Waals surface area contributed by atoms with E-state index in [1.807, 2.05) is 12.3 Å². The van der Waals surface area contributed by atoms with Crippen molar-refractivity contribution >= 4 is 22.9 Å². The molecule has 3 nitrogen and oxygen atoms in total. The molecule has 2 aliphatic carbocycles. The molecule has 1 unspecified atom stereocenters. The summed E-state index contributed by atoms with van der Waals surface area (Å²) in [6.45, 7) is 4.43. The Labute approximate surface area is 162 Å². The second kappa shape index (κ2) is 7.51. The lowest BCUT2D eigenvalue weighted by atomic mass is 9.93. The summed E-state index contributed by atoms with van der Waals surface area (Å²) in [6.07, 6.45) is 11.7. The highest BCUT2D eigenvalue weighted by Crippen LogP contribution is 2.36. The van der Waals surface area contributed by atoms with Crippen molar-refractivity contribution in [2.75, 3.05) is 5.32 Å². The highest BCUT2D eigenvalue weighted by atomic mass is 32.1. The average Bonchev–Trinajstić information content (AvgIpc) is 3.35. The molecule has 0 amide bonds. The summed E-state index contributed by atoms with van der Waals surface area (Å²) >= 11 is 5.78. The molecule has 1 fully saturated rings. The number of aromatic amines is 1. The van der Waals surface area contributed by atoms with Crippen LogP contribution in [-0.2, 0) is 12.8 Å². The van der Waals surface area contributed by atoms with Gasteiger partial charge in [0.1, 0.15) is 5.82 Å². The molecule has 0 spiro atoms. The van der Waals surface area contributed by atoms with Crippen molar-refractivity contribution in [1.29, 1.82) is 0 Å². The summed E-state index contributed by atoms with van der Waals surface area (Å²) < 4.78 is 0. The number of nitrogens with zero attached hydrogens (tertiary/aromatic N) is 1. The number of anilines is 1. The van der Waals surface area contributed by atoms with Crippen LogP contribution in [0.2, 0.25) is 0 Å². The number of rotatable bonds is 6. The van der Waals surface area contributed by atoms with E-state index in [0.29, 0.717) is 6.04 Å². The minimum Gasteiger partial charge on any atom is -0.363 e. The van der Waals surface area contributed by atoms with Crippen LogP contribution < -0.4 is 5.32 Å². The average molecular weight is 368 g/mol. The van der Waals surface area contributed by atoms with Crippen LogP contribution in [0.3, 0.4) is 0 Å². The van der Waals surface area contributed by atoms with E-state index in [0.717, 1.165) is 43.1 Å². The van der Waals surface area contributed by atoms with E-state index in [9.17, 15) is 0 Å². The Morgan fingerprint density at radius 1 is 1.27 bits per heavy atom. The number of nitrogens with one attached hydrogen (secondary N) is 2. The summed E-state index contributed by atoms with van der Waals surface area (Å²) in [5.74, 6) is 1.90. The third-order valence-electron chi connectivity index (χ3n) is 6.25. The Bertz CT molecular complexity index is 788. The van der Waals surface area contributed by atoms with Gasteiger partial charge < -0.3 is 10.3 Å². The molecule has 0 radical (unpaired) electrons. The molecule has 1 saturated carbocycles. The van der Waals surface area contributed by atoms with Gasteiger partial charge in [0.05, 0.1) is 11.7 Å². The molecule has 4 heteroatoms. The standard InChI is InChI=1S/C22H29N3S/c1-14-18-9-10-20(25-21-8-5-11-23-21)22(18)24-15(2)19(14)13-17(26)12-16-6-3-4-7-16/h5,8,11,16,20,23,25H,3-4,6-7,9-10,12-13H2,1-2H3. The lowest BCUT2D eigenvalue weighted by Gasteiger charge is -2.18. The van der Waals surface area contributed by atoms with Crippen LogP contribution in [0.25, 0.3) is 0 Å². The number of H-pyrrole nitrogens is 1. The zero-order valence-electron chi connectivity index (χ0n) is 15.9. The van der Waals surface area contributed by atoms with E-state index in [-0.39, 0.29) is 0 Å². The van der Waals surface area contributed by atoms with Gasteiger partial charge in [0.15, 0.2) is 0 Å². The number of aryl methyl sites for hydroxylation is 1. The van der Waals surface area contributed by atoms with Crippen molar-refractivity contribution in [1.82, 2.24) is 9.97 Å². The molecule has 2 N–H and O–H groups in total. The SMILES string of the molecule is Cc1nc2c(c(C)c1CC(=S)CC1CCCC1)CCC2Nc1ccc[nH]1. The largest absolute Gasteiger partial charge is 0.363 e. The van der Waals surface area contributed by atoms with E-state index in [4.69, 9.17) is 17.2 Å². The van der Waals surface area contributed by atoms with Gasteiger partial charge in [-0.05, 0) is 72.7 Å². The lowest BCUT2D eigenvalue weighted by Crippen LogP contribution is -2.13. The quantitative estimate of drug-likeness (QED) is 0.651. The zero-order chi connectivity index (χ0) is 18.1. The van der Waals surface area contributed by atoms with Crippen LogP contribution in [0.5, 0.6) is 0 Å². The smallest absolute Gasteiger partial charge is 0.103 e. The number of hydrogen-bond acceptors (Lipinski definition) is 3. The molecule has 4 rings (SSSR count). The van der Waals surface area contributed by atoms with Gasteiger partial charge in [-0.3, -0.25) is 4.98 Å². The molecule has 0 aliphatic heterocycles. The molecule has 2 heterocycles. The Morgan fingerprint density at radius 2 is 2.08 bits per heavy atom. The van der Waals surface area contributed by atoms with Crippen LogP contribution in [0, 0.1) is 19.8 Å². The molecular weight excluding hydrogens is 338 g/mol. The molecule has 2 aromatic heterocycles. The fraction of sp³-hybridized carbons (Fsp3) is 0.545. The van der Waals surface area contributed by atoms with E-state index in [1.54, 1.807) is 0 Å². The number of thiocarbonyl (C=S) groups is 1. The third kappa shape index (κ3) is 3.57. The highest BCUT2D eigenvalue weighted by molar-refractivity contribution is 7.80. The van der Waals surface area contributed by atoms with Gasteiger partial charge in [0.25, 0.3) is 0 Å². The highest BCUT2D eigenvalue weighted by Gasteiger charge is 2.28. The molecule has 26 heavy (non-hydrogen) atoms. The van der Waals surface area contributed by atoms with Crippen LogP contribution in [0.1, 0.15) is 72.6 Å². The second-order valence-electron chi connectivity index (χ2n) is 8.05. The fourth-order valence-electron chi connectivity index (χ4n) is 4.81. The number of fused-ring (bicyclic) bond motifs is 1. The van der Waals surface area contributed by atoms with Gasteiger partial charge in [-0.15, -0.1) is 0 Å². The van der Waals surface area contributed by atoms with Crippen LogP contribution in [0.4, 0.5) is 5.82 Å². The van der Waals surface area contributed by atoms with Crippen molar-refractivity contribution in [3.05, 3.63) is 46.4 Å².